The fourth-order valence-corrected chi connectivity index (χ4v) is 4.93. The number of ether oxygens (including phenoxy) is 2. The highest BCUT2D eigenvalue weighted by atomic mass is 19.1. The number of hydrazine groups is 2. The lowest BCUT2D eigenvalue weighted by Gasteiger charge is -2.38. The van der Waals surface area contributed by atoms with Crippen LogP contribution < -0.4 is 25.5 Å². The van der Waals surface area contributed by atoms with Gasteiger partial charge in [-0.05, 0) is 43.7 Å². The van der Waals surface area contributed by atoms with E-state index in [1.54, 1.807) is 35.3 Å². The molecule has 1 aromatic heterocycles. The molecule has 3 heterocycles. The fraction of sp³-hybridized carbons (Fsp3) is 0.370. The molecule has 5 rings (SSSR count). The maximum absolute atomic E-state index is 15.2. The van der Waals surface area contributed by atoms with Crippen molar-refractivity contribution in [3.05, 3.63) is 72.3 Å². The molecule has 0 radical (unpaired) electrons. The largest absolute Gasteiger partial charge is 0.511 e. The molecule has 2 aliphatic rings. The van der Waals surface area contributed by atoms with Crippen LogP contribution in [0.1, 0.15) is 25.8 Å². The number of amides is 2. The second kappa shape index (κ2) is 12.6. The van der Waals surface area contributed by atoms with E-state index in [2.05, 4.69) is 21.3 Å². The van der Waals surface area contributed by atoms with Crippen LogP contribution >= 0.6 is 0 Å². The van der Waals surface area contributed by atoms with Crippen LogP contribution in [0.25, 0.3) is 0 Å². The molecule has 3 N–H and O–H groups in total. The third-order valence-electron chi connectivity index (χ3n) is 7.23. The number of carbonyl (C=O) groups is 2. The van der Waals surface area contributed by atoms with Crippen molar-refractivity contribution in [3.63, 3.8) is 0 Å². The first-order valence-corrected chi connectivity index (χ1v) is 13.6. The number of halogens is 2. The van der Waals surface area contributed by atoms with Crippen LogP contribution in [0.5, 0.6) is 0 Å². The summed E-state index contributed by atoms with van der Waals surface area (Å²) in [4.78, 5) is 28.3. The Bertz CT molecular complexity index is 1490. The van der Waals surface area contributed by atoms with Crippen molar-refractivity contribution in [2.24, 2.45) is 5.10 Å². The van der Waals surface area contributed by atoms with E-state index in [-0.39, 0.29) is 32.0 Å². The summed E-state index contributed by atoms with van der Waals surface area (Å²) < 4.78 is 41.7. The maximum Gasteiger partial charge on any atom is 0.511 e. The summed E-state index contributed by atoms with van der Waals surface area (Å²) in [5.74, 6) is -1.78. The van der Waals surface area contributed by atoms with Crippen LogP contribution in [-0.4, -0.2) is 64.1 Å². The smallest absolute Gasteiger partial charge is 0.434 e. The Morgan fingerprint density at radius 2 is 1.93 bits per heavy atom. The molecule has 3 aromatic rings. The number of nitrogens with zero attached hydrogens (tertiary/aromatic N) is 7. The van der Waals surface area contributed by atoms with Crippen molar-refractivity contribution in [3.8, 4) is 0 Å². The van der Waals surface area contributed by atoms with Crippen LogP contribution in [0.15, 0.2) is 60.2 Å². The summed E-state index contributed by atoms with van der Waals surface area (Å²) in [6, 6.07) is 8.71. The van der Waals surface area contributed by atoms with Crippen molar-refractivity contribution >= 4 is 29.9 Å². The molecule has 0 unspecified atom stereocenters. The van der Waals surface area contributed by atoms with E-state index >= 15 is 4.39 Å². The van der Waals surface area contributed by atoms with E-state index < -0.39 is 35.5 Å². The lowest BCUT2D eigenvalue weighted by atomic mass is 9.85. The molecule has 0 saturated carbocycles. The van der Waals surface area contributed by atoms with Crippen molar-refractivity contribution in [2.75, 3.05) is 29.6 Å². The number of hydrogen-bond donors (Lipinski definition) is 3. The number of nitrogens with one attached hydrogen (secondary N) is 2. The van der Waals surface area contributed by atoms with Crippen molar-refractivity contribution in [1.29, 1.82) is 0 Å². The van der Waals surface area contributed by atoms with E-state index in [0.29, 0.717) is 24.7 Å². The lowest BCUT2D eigenvalue weighted by Crippen LogP contribution is -2.53. The van der Waals surface area contributed by atoms with Crippen LogP contribution in [0.4, 0.5) is 29.7 Å². The van der Waals surface area contributed by atoms with Crippen LogP contribution in [0, 0.1) is 11.6 Å². The number of urea groups is 1. The molecule has 16 heteroatoms. The van der Waals surface area contributed by atoms with Crippen molar-refractivity contribution in [1.82, 2.24) is 25.7 Å². The quantitative estimate of drug-likeness (QED) is 0.223. The van der Waals surface area contributed by atoms with Crippen LogP contribution in [0.2, 0.25) is 0 Å². The molecule has 0 aliphatic carbocycles. The Morgan fingerprint density at radius 1 is 1.16 bits per heavy atom. The van der Waals surface area contributed by atoms with Gasteiger partial charge in [0.15, 0.2) is 0 Å². The summed E-state index contributed by atoms with van der Waals surface area (Å²) in [5, 5.41) is 21.8. The average molecular weight is 601 g/mol. The Labute approximate surface area is 245 Å². The molecule has 228 valence electrons. The predicted molar refractivity (Wildman–Crippen MR) is 148 cm³/mol. The van der Waals surface area contributed by atoms with Crippen LogP contribution in [-0.2, 0) is 28.4 Å². The predicted octanol–water partition coefficient (Wildman–Crippen LogP) is 1.96. The minimum Gasteiger partial charge on any atom is -0.434 e. The van der Waals surface area contributed by atoms with Gasteiger partial charge in [-0.25, -0.2) is 33.5 Å². The topological polar surface area (TPSA) is 141 Å². The molecular weight excluding hydrogens is 568 g/mol. The number of aliphatic hydroxyl groups is 1. The number of aromatic nitrogens is 3. The number of hydrogen-bond acceptors (Lipinski definition) is 10. The van der Waals surface area contributed by atoms with Gasteiger partial charge in [0.2, 0.25) is 13.1 Å². The van der Waals surface area contributed by atoms with Gasteiger partial charge in [0.05, 0.1) is 18.3 Å². The second-order valence-electron chi connectivity index (χ2n) is 10.0. The van der Waals surface area contributed by atoms with Gasteiger partial charge in [-0.15, -0.1) is 10.2 Å². The van der Waals surface area contributed by atoms with Crippen molar-refractivity contribution < 1.29 is 37.5 Å². The Balaban J connectivity index is 1.35. The lowest BCUT2D eigenvalue weighted by molar-refractivity contribution is -0.728. The maximum atomic E-state index is 15.2. The molecule has 2 atom stereocenters. The zero-order chi connectivity index (χ0) is 30.6. The Kier molecular flexibility index (Phi) is 8.68. The summed E-state index contributed by atoms with van der Waals surface area (Å²) >= 11 is 0. The number of carbonyl (C=O) groups excluding carboxylic acids is 2. The number of rotatable bonds is 11. The van der Waals surface area contributed by atoms with E-state index in [1.165, 1.54) is 26.8 Å². The number of anilines is 2. The first-order valence-electron chi connectivity index (χ1n) is 13.6. The second-order valence-corrected chi connectivity index (χ2v) is 10.0. The Hall–Kier alpha value is -4.83. The molecule has 1 saturated heterocycles. The molecule has 2 aromatic carbocycles. The summed E-state index contributed by atoms with van der Waals surface area (Å²) in [6.45, 7) is 3.72. The van der Waals surface area contributed by atoms with Gasteiger partial charge >= 0.3 is 12.2 Å². The minimum absolute atomic E-state index is 0.202. The van der Waals surface area contributed by atoms with Gasteiger partial charge in [-0.1, -0.05) is 13.0 Å². The SMILES string of the molecule is CCCOC(=O)OC[n+]1cnn(C[C@](O)(c2ccc(F)cc2F)[C@@H](C)N2CCN(c3ccc(N4C=NNN4)cc3)C2=O)c1. The highest BCUT2D eigenvalue weighted by Crippen LogP contribution is 2.35. The van der Waals surface area contributed by atoms with Crippen LogP contribution in [0.3, 0.4) is 0 Å². The van der Waals surface area contributed by atoms with E-state index in [1.807, 2.05) is 19.1 Å². The van der Waals surface area contributed by atoms with Gasteiger partial charge in [0.25, 0.3) is 6.33 Å². The fourth-order valence-electron chi connectivity index (χ4n) is 4.93. The average Bonchev–Trinajstić information content (AvgIpc) is 3.76. The van der Waals surface area contributed by atoms with E-state index in [0.717, 1.165) is 17.8 Å². The summed E-state index contributed by atoms with van der Waals surface area (Å²) in [7, 11) is 0. The third-order valence-corrected chi connectivity index (χ3v) is 7.23. The van der Waals surface area contributed by atoms with Crippen molar-refractivity contribution in [2.45, 2.75) is 45.2 Å². The molecule has 43 heavy (non-hydrogen) atoms. The molecule has 0 spiro atoms. The zero-order valence-corrected chi connectivity index (χ0v) is 23.6. The number of benzene rings is 2. The monoisotopic (exact) mass is 600 g/mol. The highest BCUT2D eigenvalue weighted by molar-refractivity contribution is 5.94. The normalized spacial score (nSPS) is 16.8. The molecule has 2 amide bonds. The first kappa shape index (κ1) is 29.7. The standard InChI is InChI=1S/C27H32F2N9O5/c1-3-12-42-26(40)43-18-34-16-31-35(17-34)14-27(41,23-9-4-20(28)13-24(23)29)19(2)36-10-11-37(25(36)39)21-5-7-22(8-6-21)38-15-30-32-33-38/h4-9,13,15-17,19,32-33,41H,3,10-12,14,18H2,1-2H3/q+1/t19-,27-/m1/s1. The molecule has 14 nitrogen and oxygen atoms in total. The van der Waals surface area contributed by atoms with Gasteiger partial charge in [0.1, 0.15) is 30.1 Å². The van der Waals surface area contributed by atoms with E-state index in [9.17, 15) is 19.1 Å². The minimum atomic E-state index is -2.04. The first-order chi connectivity index (χ1) is 20.7. The van der Waals surface area contributed by atoms with Gasteiger partial charge in [0, 0.05) is 35.5 Å². The molecule has 0 bridgehead atoms. The molecule has 2 aliphatic heterocycles. The third kappa shape index (κ3) is 6.34. The Morgan fingerprint density at radius 3 is 2.63 bits per heavy atom. The highest BCUT2D eigenvalue weighted by Gasteiger charge is 2.47. The molecular formula is C27H32F2N9O5+. The summed E-state index contributed by atoms with van der Waals surface area (Å²) in [5.41, 5.74) is 4.62. The van der Waals surface area contributed by atoms with E-state index in [4.69, 9.17) is 9.47 Å². The summed E-state index contributed by atoms with van der Waals surface area (Å²) in [6.07, 6.45) is 4.16. The zero-order valence-electron chi connectivity index (χ0n) is 23.6. The number of hydrazone groups is 1. The van der Waals surface area contributed by atoms with Gasteiger partial charge in [-0.3, -0.25) is 4.90 Å². The van der Waals surface area contributed by atoms with Gasteiger partial charge in [-0.2, -0.15) is 5.10 Å². The molecule has 1 fully saturated rings. The van der Waals surface area contributed by atoms with Gasteiger partial charge < -0.3 is 19.5 Å².